The molecule has 0 aliphatic heterocycles. The predicted molar refractivity (Wildman–Crippen MR) is 143 cm³/mol. The maximum Gasteiger partial charge on any atom is 0.307 e. The number of imidazole rings is 1. The van der Waals surface area contributed by atoms with Crippen molar-refractivity contribution < 1.29 is 9.53 Å². The molecule has 0 bridgehead atoms. The van der Waals surface area contributed by atoms with Gasteiger partial charge in [0.1, 0.15) is 6.61 Å². The predicted octanol–water partition coefficient (Wildman–Crippen LogP) is 6.74. The summed E-state index contributed by atoms with van der Waals surface area (Å²) in [7, 11) is 0. The number of allylic oxidation sites excluding steroid dienone is 1. The van der Waals surface area contributed by atoms with Crippen molar-refractivity contribution in [1.82, 2.24) is 14.5 Å². The molecule has 0 unspecified atom stereocenters. The molecule has 33 heavy (non-hydrogen) atoms. The Morgan fingerprint density at radius 1 is 0.970 bits per heavy atom. The first-order valence-electron chi connectivity index (χ1n) is 13.3. The minimum absolute atomic E-state index is 0.0624. The van der Waals surface area contributed by atoms with E-state index >= 15 is 0 Å². The number of aromatic nitrogens is 2. The standard InChI is InChI=1S/C27H49N3O2S/c1-3-5-7-9-10-12-14-24-33-25-23-32-27(31)16-21-29(18-13-11-8-6-4-2)19-15-20-30-22-17-28-26-30/h12,14,17,22,26H,3-11,13,15-16,18-21,23-25H2,1-2H3/b14-12-. The maximum absolute atomic E-state index is 12.2. The zero-order valence-corrected chi connectivity index (χ0v) is 22.2. The molecule has 0 spiro atoms. The van der Waals surface area contributed by atoms with Crippen LogP contribution in [0.5, 0.6) is 0 Å². The molecule has 0 amide bonds. The van der Waals surface area contributed by atoms with Crippen LogP contribution in [0.15, 0.2) is 30.9 Å². The van der Waals surface area contributed by atoms with Crippen LogP contribution >= 0.6 is 11.8 Å². The molecular weight excluding hydrogens is 430 g/mol. The molecular formula is C27H49N3O2S. The topological polar surface area (TPSA) is 47.4 Å². The van der Waals surface area contributed by atoms with Gasteiger partial charge in [0.25, 0.3) is 0 Å². The molecule has 0 saturated heterocycles. The number of rotatable bonds is 23. The quantitative estimate of drug-likeness (QED) is 0.0988. The first kappa shape index (κ1) is 29.8. The van der Waals surface area contributed by atoms with Crippen molar-refractivity contribution >= 4 is 17.7 Å². The summed E-state index contributed by atoms with van der Waals surface area (Å²) in [6, 6.07) is 0. The van der Waals surface area contributed by atoms with Gasteiger partial charge in [-0.25, -0.2) is 4.98 Å². The van der Waals surface area contributed by atoms with Crippen molar-refractivity contribution in [2.45, 2.75) is 97.4 Å². The lowest BCUT2D eigenvalue weighted by Gasteiger charge is -2.22. The molecule has 0 saturated carbocycles. The van der Waals surface area contributed by atoms with Crippen molar-refractivity contribution in [3.05, 3.63) is 30.9 Å². The molecule has 1 rings (SSSR count). The highest BCUT2D eigenvalue weighted by Crippen LogP contribution is 2.07. The van der Waals surface area contributed by atoms with E-state index in [4.69, 9.17) is 4.74 Å². The van der Waals surface area contributed by atoms with E-state index < -0.39 is 0 Å². The monoisotopic (exact) mass is 479 g/mol. The Bertz CT molecular complexity index is 578. The van der Waals surface area contributed by atoms with Gasteiger partial charge in [-0.15, -0.1) is 0 Å². The van der Waals surface area contributed by atoms with Crippen LogP contribution in [-0.2, 0) is 16.1 Å². The number of hydrogen-bond donors (Lipinski definition) is 0. The van der Waals surface area contributed by atoms with Gasteiger partial charge >= 0.3 is 5.97 Å². The van der Waals surface area contributed by atoms with Crippen LogP contribution in [0.3, 0.4) is 0 Å². The van der Waals surface area contributed by atoms with E-state index in [1.807, 2.05) is 30.5 Å². The Kier molecular flexibility index (Phi) is 20.3. The van der Waals surface area contributed by atoms with E-state index in [0.717, 1.165) is 44.1 Å². The van der Waals surface area contributed by atoms with Crippen LogP contribution in [0, 0.1) is 0 Å². The molecule has 190 valence electrons. The van der Waals surface area contributed by atoms with Crippen LogP contribution in [0.4, 0.5) is 0 Å². The zero-order chi connectivity index (χ0) is 23.8. The number of ether oxygens (including phenoxy) is 1. The van der Waals surface area contributed by atoms with Crippen molar-refractivity contribution in [3.63, 3.8) is 0 Å². The lowest BCUT2D eigenvalue weighted by molar-refractivity contribution is -0.143. The normalized spacial score (nSPS) is 11.6. The average molecular weight is 480 g/mol. The minimum Gasteiger partial charge on any atom is -0.465 e. The summed E-state index contributed by atoms with van der Waals surface area (Å²) in [5.74, 6) is 1.82. The Hall–Kier alpha value is -1.27. The molecule has 0 aliphatic carbocycles. The second-order valence-corrected chi connectivity index (χ2v) is 9.93. The third kappa shape index (κ3) is 18.8. The highest BCUT2D eigenvalue weighted by molar-refractivity contribution is 7.99. The SMILES string of the molecule is CCCCCC/C=C\CSCCOC(=O)CCN(CCCCCCC)CCCn1ccnc1. The van der Waals surface area contributed by atoms with Gasteiger partial charge in [0, 0.05) is 37.0 Å². The van der Waals surface area contributed by atoms with Gasteiger partial charge in [-0.2, -0.15) is 11.8 Å². The van der Waals surface area contributed by atoms with Gasteiger partial charge in [0.15, 0.2) is 0 Å². The van der Waals surface area contributed by atoms with Gasteiger partial charge in [-0.1, -0.05) is 70.9 Å². The summed E-state index contributed by atoms with van der Waals surface area (Å²) < 4.78 is 7.58. The fraction of sp³-hybridized carbons (Fsp3) is 0.778. The number of nitrogens with zero attached hydrogens (tertiary/aromatic N) is 3. The van der Waals surface area contributed by atoms with E-state index in [0.29, 0.717) is 13.0 Å². The van der Waals surface area contributed by atoms with Gasteiger partial charge < -0.3 is 14.2 Å². The van der Waals surface area contributed by atoms with Crippen LogP contribution in [0.1, 0.15) is 90.9 Å². The lowest BCUT2D eigenvalue weighted by Crippen LogP contribution is -2.29. The molecule has 0 aromatic carbocycles. The summed E-state index contributed by atoms with van der Waals surface area (Å²) in [5, 5.41) is 0. The number of hydrogen-bond acceptors (Lipinski definition) is 5. The Morgan fingerprint density at radius 2 is 1.73 bits per heavy atom. The summed E-state index contributed by atoms with van der Waals surface area (Å²) in [6.07, 6.45) is 24.7. The van der Waals surface area contributed by atoms with Gasteiger partial charge in [-0.05, 0) is 38.8 Å². The molecule has 0 fully saturated rings. The largest absolute Gasteiger partial charge is 0.465 e. The van der Waals surface area contributed by atoms with Crippen molar-refractivity contribution in [2.24, 2.45) is 0 Å². The molecule has 1 aromatic heterocycles. The van der Waals surface area contributed by atoms with E-state index in [1.54, 1.807) is 0 Å². The zero-order valence-electron chi connectivity index (χ0n) is 21.4. The Labute approximate surface area is 207 Å². The molecule has 6 heteroatoms. The number of carbonyl (C=O) groups excluding carboxylic acids is 1. The highest BCUT2D eigenvalue weighted by atomic mass is 32.2. The second kappa shape index (κ2) is 22.5. The van der Waals surface area contributed by atoms with Crippen molar-refractivity contribution in [2.75, 3.05) is 37.7 Å². The third-order valence-electron chi connectivity index (χ3n) is 5.76. The van der Waals surface area contributed by atoms with E-state index in [9.17, 15) is 4.79 Å². The highest BCUT2D eigenvalue weighted by Gasteiger charge is 2.09. The number of thioether (sulfide) groups is 1. The van der Waals surface area contributed by atoms with Crippen LogP contribution in [-0.4, -0.2) is 58.2 Å². The minimum atomic E-state index is -0.0624. The first-order chi connectivity index (χ1) is 16.3. The number of esters is 1. The first-order valence-corrected chi connectivity index (χ1v) is 14.5. The molecule has 1 heterocycles. The summed E-state index contributed by atoms with van der Waals surface area (Å²) in [4.78, 5) is 18.7. The van der Waals surface area contributed by atoms with E-state index in [-0.39, 0.29) is 5.97 Å². The third-order valence-corrected chi connectivity index (χ3v) is 6.64. The van der Waals surface area contributed by atoms with Crippen LogP contribution in [0.2, 0.25) is 0 Å². The maximum atomic E-state index is 12.2. The summed E-state index contributed by atoms with van der Waals surface area (Å²) in [5.41, 5.74) is 0. The van der Waals surface area contributed by atoms with Gasteiger partial charge in [-0.3, -0.25) is 4.79 Å². The Balaban J connectivity index is 2.13. The molecule has 0 aliphatic rings. The van der Waals surface area contributed by atoms with Gasteiger partial charge in [0.2, 0.25) is 0 Å². The smallest absolute Gasteiger partial charge is 0.307 e. The molecule has 0 radical (unpaired) electrons. The van der Waals surface area contributed by atoms with Gasteiger partial charge in [0.05, 0.1) is 12.7 Å². The number of unbranched alkanes of at least 4 members (excludes halogenated alkanes) is 8. The fourth-order valence-corrected chi connectivity index (χ4v) is 4.37. The van der Waals surface area contributed by atoms with Crippen molar-refractivity contribution in [1.29, 1.82) is 0 Å². The molecule has 1 aromatic rings. The summed E-state index contributed by atoms with van der Waals surface area (Å²) >= 11 is 1.83. The molecule has 0 N–H and O–H groups in total. The summed E-state index contributed by atoms with van der Waals surface area (Å²) in [6.45, 7) is 8.87. The van der Waals surface area contributed by atoms with Crippen LogP contribution < -0.4 is 0 Å². The van der Waals surface area contributed by atoms with E-state index in [2.05, 4.69) is 40.5 Å². The number of aryl methyl sites for hydroxylation is 1. The average Bonchev–Trinajstić information content (AvgIpc) is 3.34. The molecule has 0 atom stereocenters. The van der Waals surface area contributed by atoms with Crippen molar-refractivity contribution in [3.8, 4) is 0 Å². The Morgan fingerprint density at radius 3 is 2.48 bits per heavy atom. The van der Waals surface area contributed by atoms with Crippen LogP contribution in [0.25, 0.3) is 0 Å². The molecule has 5 nitrogen and oxygen atoms in total. The number of carbonyl (C=O) groups is 1. The van der Waals surface area contributed by atoms with E-state index in [1.165, 1.54) is 64.2 Å². The fourth-order valence-electron chi connectivity index (χ4n) is 3.73. The second-order valence-electron chi connectivity index (χ2n) is 8.78. The lowest BCUT2D eigenvalue weighted by atomic mass is 10.1.